The summed E-state index contributed by atoms with van der Waals surface area (Å²) < 4.78 is 51.7. The highest BCUT2D eigenvalue weighted by atomic mass is 19.1. The van der Waals surface area contributed by atoms with E-state index < -0.39 is 23.3 Å². The third kappa shape index (κ3) is 3.43. The van der Waals surface area contributed by atoms with E-state index in [-0.39, 0.29) is 23.6 Å². The number of hydrogen-bond donors (Lipinski definition) is 1. The SMILES string of the molecule is C[C@@H]1Cc2c([nH]c3ccccc23)[C@@H](c2c(F)cc(N3CC4(COC4)C3)cc2F)N1CC(C)(C)F. The topological polar surface area (TPSA) is 31.5 Å². The molecule has 3 aliphatic rings. The third-order valence-corrected chi connectivity index (χ3v) is 7.65. The van der Waals surface area contributed by atoms with Crippen molar-refractivity contribution in [2.24, 2.45) is 5.41 Å². The number of benzene rings is 2. The van der Waals surface area contributed by atoms with E-state index in [0.717, 1.165) is 35.2 Å². The van der Waals surface area contributed by atoms with Gasteiger partial charge in [-0.3, -0.25) is 4.90 Å². The summed E-state index contributed by atoms with van der Waals surface area (Å²) in [5.41, 5.74) is 1.90. The van der Waals surface area contributed by atoms with Gasteiger partial charge in [-0.05, 0) is 51.0 Å². The molecular formula is C27H30F3N3O. The Hall–Kier alpha value is -2.51. The van der Waals surface area contributed by atoms with Crippen LogP contribution in [0.3, 0.4) is 0 Å². The Kier molecular flexibility index (Phi) is 4.84. The predicted octanol–water partition coefficient (Wildman–Crippen LogP) is 5.37. The smallest absolute Gasteiger partial charge is 0.133 e. The first-order valence-electron chi connectivity index (χ1n) is 12.0. The summed E-state index contributed by atoms with van der Waals surface area (Å²) in [4.78, 5) is 7.32. The molecule has 0 radical (unpaired) electrons. The first-order valence-corrected chi connectivity index (χ1v) is 12.0. The molecule has 2 aromatic carbocycles. The van der Waals surface area contributed by atoms with E-state index in [1.54, 1.807) is 0 Å². The molecule has 0 aliphatic carbocycles. The molecule has 0 bridgehead atoms. The third-order valence-electron chi connectivity index (χ3n) is 7.65. The maximum atomic E-state index is 15.8. The van der Waals surface area contributed by atoms with Crippen molar-refractivity contribution in [1.82, 2.24) is 9.88 Å². The first kappa shape index (κ1) is 22.0. The molecule has 0 amide bonds. The number of aromatic nitrogens is 1. The van der Waals surface area contributed by atoms with E-state index in [2.05, 4.69) is 4.98 Å². The number of aromatic amines is 1. The average Bonchev–Trinajstić information content (AvgIpc) is 3.05. The number of anilines is 1. The second-order valence-corrected chi connectivity index (χ2v) is 11.1. The standard InChI is InChI=1S/C27H30F3N3O/c1-16-8-19-18-6-4-5-7-22(18)31-24(19)25(33(16)11-26(2,3)30)23-20(28)9-17(10-21(23)29)32-12-27(13-32)14-34-15-27/h4-7,9-10,16,25,31H,8,11-15H2,1-3H3/t16-,25-/m1/s1. The van der Waals surface area contributed by atoms with Crippen LogP contribution in [0.15, 0.2) is 36.4 Å². The summed E-state index contributed by atoms with van der Waals surface area (Å²) in [5.74, 6) is -1.18. The van der Waals surface area contributed by atoms with E-state index >= 15 is 8.78 Å². The normalized spacial score (nSPS) is 24.2. The van der Waals surface area contributed by atoms with Crippen LogP contribution in [0.2, 0.25) is 0 Å². The fourth-order valence-electron chi connectivity index (χ4n) is 6.03. The zero-order valence-corrected chi connectivity index (χ0v) is 19.8. The summed E-state index contributed by atoms with van der Waals surface area (Å²) in [6.07, 6.45) is 0.686. The largest absolute Gasteiger partial charge is 0.380 e. The van der Waals surface area contributed by atoms with Crippen molar-refractivity contribution in [1.29, 1.82) is 0 Å². The monoisotopic (exact) mass is 469 g/mol. The highest BCUT2D eigenvalue weighted by Crippen LogP contribution is 2.45. The minimum Gasteiger partial charge on any atom is -0.380 e. The van der Waals surface area contributed by atoms with Crippen molar-refractivity contribution >= 4 is 16.6 Å². The molecule has 2 saturated heterocycles. The lowest BCUT2D eigenvalue weighted by molar-refractivity contribution is -0.127. The molecule has 34 heavy (non-hydrogen) atoms. The fourth-order valence-corrected chi connectivity index (χ4v) is 6.03. The summed E-state index contributed by atoms with van der Waals surface area (Å²) >= 11 is 0. The molecule has 6 rings (SSSR count). The molecule has 3 aliphatic heterocycles. The second kappa shape index (κ2) is 7.49. The summed E-state index contributed by atoms with van der Waals surface area (Å²) in [6, 6.07) is 9.96. The lowest BCUT2D eigenvalue weighted by Crippen LogP contribution is -2.66. The quantitative estimate of drug-likeness (QED) is 0.558. The molecule has 4 nitrogen and oxygen atoms in total. The zero-order valence-electron chi connectivity index (χ0n) is 19.8. The van der Waals surface area contributed by atoms with Crippen molar-refractivity contribution < 1.29 is 17.9 Å². The van der Waals surface area contributed by atoms with Gasteiger partial charge in [0.05, 0.1) is 24.7 Å². The van der Waals surface area contributed by atoms with Crippen LogP contribution in [0.5, 0.6) is 0 Å². The molecule has 7 heteroatoms. The number of hydrogen-bond acceptors (Lipinski definition) is 3. The first-order chi connectivity index (χ1) is 16.1. The maximum Gasteiger partial charge on any atom is 0.133 e. The minimum absolute atomic E-state index is 0.0189. The molecule has 0 unspecified atom stereocenters. The second-order valence-electron chi connectivity index (χ2n) is 11.1. The predicted molar refractivity (Wildman–Crippen MR) is 127 cm³/mol. The molecule has 3 aromatic rings. The Morgan fingerprint density at radius 3 is 2.41 bits per heavy atom. The van der Waals surface area contributed by atoms with Gasteiger partial charge in [0.15, 0.2) is 0 Å². The molecule has 0 saturated carbocycles. The fraction of sp³-hybridized carbons (Fsp3) is 0.481. The number of fused-ring (bicyclic) bond motifs is 3. The van der Waals surface area contributed by atoms with Crippen LogP contribution >= 0.6 is 0 Å². The molecule has 2 atom stereocenters. The van der Waals surface area contributed by atoms with E-state index in [1.807, 2.05) is 41.0 Å². The number of para-hydroxylation sites is 1. The number of nitrogens with one attached hydrogen (secondary N) is 1. The van der Waals surface area contributed by atoms with Gasteiger partial charge in [0.25, 0.3) is 0 Å². The summed E-state index contributed by atoms with van der Waals surface area (Å²) in [6.45, 7) is 8.03. The van der Waals surface area contributed by atoms with Gasteiger partial charge in [-0.2, -0.15) is 0 Å². The van der Waals surface area contributed by atoms with Crippen molar-refractivity contribution in [2.45, 2.75) is 44.9 Å². The lowest BCUT2D eigenvalue weighted by atomic mass is 9.77. The van der Waals surface area contributed by atoms with Gasteiger partial charge in [-0.15, -0.1) is 0 Å². The van der Waals surface area contributed by atoms with Crippen LogP contribution in [0.25, 0.3) is 10.9 Å². The summed E-state index contributed by atoms with van der Waals surface area (Å²) in [5, 5.41) is 1.06. The van der Waals surface area contributed by atoms with Crippen molar-refractivity contribution in [3.8, 4) is 0 Å². The highest BCUT2D eigenvalue weighted by Gasteiger charge is 2.49. The van der Waals surface area contributed by atoms with Gasteiger partial charge in [-0.25, -0.2) is 13.2 Å². The van der Waals surface area contributed by atoms with Crippen LogP contribution in [0, 0.1) is 17.0 Å². The van der Waals surface area contributed by atoms with E-state index in [9.17, 15) is 4.39 Å². The van der Waals surface area contributed by atoms with Crippen LogP contribution in [-0.2, 0) is 11.2 Å². The number of H-pyrrole nitrogens is 1. The summed E-state index contributed by atoms with van der Waals surface area (Å²) in [7, 11) is 0. The van der Waals surface area contributed by atoms with Gasteiger partial charge < -0.3 is 14.6 Å². The van der Waals surface area contributed by atoms with Crippen LogP contribution in [-0.4, -0.2) is 54.4 Å². The van der Waals surface area contributed by atoms with Gasteiger partial charge in [-0.1, -0.05) is 18.2 Å². The van der Waals surface area contributed by atoms with E-state index in [1.165, 1.54) is 26.0 Å². The molecule has 1 aromatic heterocycles. The van der Waals surface area contributed by atoms with Gasteiger partial charge >= 0.3 is 0 Å². The molecule has 2 fully saturated rings. The lowest BCUT2D eigenvalue weighted by Gasteiger charge is -2.56. The van der Waals surface area contributed by atoms with Crippen LogP contribution < -0.4 is 4.90 Å². The number of halogens is 3. The molecule has 1 spiro atoms. The van der Waals surface area contributed by atoms with E-state index in [0.29, 0.717) is 25.3 Å². The minimum atomic E-state index is -1.51. The van der Waals surface area contributed by atoms with E-state index in [4.69, 9.17) is 4.74 Å². The molecule has 1 N–H and O–H groups in total. The number of ether oxygens (including phenoxy) is 1. The molecule has 180 valence electrons. The van der Waals surface area contributed by atoms with Gasteiger partial charge in [0.1, 0.15) is 17.3 Å². The van der Waals surface area contributed by atoms with Gasteiger partial charge in [0.2, 0.25) is 0 Å². The number of nitrogens with zero attached hydrogens (tertiary/aromatic N) is 2. The van der Waals surface area contributed by atoms with Crippen molar-refractivity contribution in [3.63, 3.8) is 0 Å². The van der Waals surface area contributed by atoms with Crippen molar-refractivity contribution in [2.75, 3.05) is 37.7 Å². The van der Waals surface area contributed by atoms with Gasteiger partial charge in [0, 0.05) is 53.5 Å². The zero-order chi connectivity index (χ0) is 23.8. The Balaban J connectivity index is 1.45. The Morgan fingerprint density at radius 2 is 1.79 bits per heavy atom. The number of rotatable bonds is 4. The Bertz CT molecular complexity index is 1230. The van der Waals surface area contributed by atoms with Crippen LogP contribution in [0.1, 0.15) is 43.6 Å². The Morgan fingerprint density at radius 1 is 1.12 bits per heavy atom. The highest BCUT2D eigenvalue weighted by molar-refractivity contribution is 5.85. The maximum absolute atomic E-state index is 15.8. The molecule has 4 heterocycles. The van der Waals surface area contributed by atoms with Crippen molar-refractivity contribution in [3.05, 3.63) is 64.9 Å². The number of alkyl halides is 1. The Labute approximate surface area is 197 Å². The molecular weight excluding hydrogens is 439 g/mol. The average molecular weight is 470 g/mol. The van der Waals surface area contributed by atoms with Crippen LogP contribution in [0.4, 0.5) is 18.9 Å².